The number of nitrogens with zero attached hydrogens (tertiary/aromatic N) is 2. The molecule has 1 heterocycles. The molecule has 0 bridgehead atoms. The maximum absolute atomic E-state index is 13.0. The number of carboxylic acid groups (broad SMARTS) is 1. The average molecular weight is 527 g/mol. The van der Waals surface area contributed by atoms with Gasteiger partial charge in [0.15, 0.2) is 5.96 Å². The Balaban J connectivity index is 3.05. The summed E-state index contributed by atoms with van der Waals surface area (Å²) in [5.74, 6) is -4.79. The molecule has 0 fully saturated rings. The van der Waals surface area contributed by atoms with Gasteiger partial charge in [-0.15, -0.1) is 0 Å². The number of aliphatic imine (C=N–C) groups is 1. The summed E-state index contributed by atoms with van der Waals surface area (Å²) in [7, 11) is 0. The number of carboxylic acids is 1. The third-order valence-corrected chi connectivity index (χ3v) is 5.02. The lowest BCUT2D eigenvalue weighted by atomic mass is 10.1. The fraction of sp³-hybridized carbons (Fsp3) is 0.550. The molecule has 206 valence electrons. The van der Waals surface area contributed by atoms with E-state index in [1.807, 2.05) is 0 Å². The van der Waals surface area contributed by atoms with Gasteiger partial charge in [-0.3, -0.25) is 24.2 Å². The third kappa shape index (κ3) is 11.8. The van der Waals surface area contributed by atoms with Crippen molar-refractivity contribution in [2.45, 2.75) is 56.3 Å². The van der Waals surface area contributed by atoms with Gasteiger partial charge in [-0.1, -0.05) is 0 Å². The van der Waals surface area contributed by atoms with Crippen molar-refractivity contribution in [1.29, 1.82) is 0 Å². The van der Waals surface area contributed by atoms with E-state index >= 15 is 0 Å². The Kier molecular flexibility index (Phi) is 13.0. The average Bonchev–Trinajstić information content (AvgIpc) is 3.35. The van der Waals surface area contributed by atoms with Crippen LogP contribution in [0, 0.1) is 0 Å². The predicted octanol–water partition coefficient (Wildman–Crippen LogP) is -4.87. The van der Waals surface area contributed by atoms with E-state index in [4.69, 9.17) is 28.0 Å². The van der Waals surface area contributed by atoms with Crippen LogP contribution in [0.2, 0.25) is 0 Å². The second kappa shape index (κ2) is 15.7. The molecule has 0 saturated heterocycles. The van der Waals surface area contributed by atoms with Gasteiger partial charge in [0.05, 0.1) is 12.9 Å². The van der Waals surface area contributed by atoms with E-state index in [1.54, 1.807) is 0 Å². The predicted molar refractivity (Wildman–Crippen MR) is 129 cm³/mol. The van der Waals surface area contributed by atoms with E-state index in [2.05, 4.69) is 30.9 Å². The van der Waals surface area contributed by atoms with E-state index < -0.39 is 60.4 Å². The van der Waals surface area contributed by atoms with Crippen molar-refractivity contribution in [3.05, 3.63) is 18.2 Å². The minimum absolute atomic E-state index is 0.00259. The lowest BCUT2D eigenvalue weighted by molar-refractivity contribution is -0.142. The van der Waals surface area contributed by atoms with Crippen molar-refractivity contribution in [1.82, 2.24) is 25.9 Å². The fourth-order valence-corrected chi connectivity index (χ4v) is 3.05. The number of aliphatic carboxylic acids is 1. The molecule has 1 rings (SSSR count). The number of nitrogens with two attached hydrogens (primary N) is 4. The molecule has 4 unspecified atom stereocenters. The summed E-state index contributed by atoms with van der Waals surface area (Å²) in [6.07, 6.45) is 2.38. The number of hydrogen-bond donors (Lipinski definition) is 10. The number of carbonyl (C=O) groups excluding carboxylic acids is 4. The van der Waals surface area contributed by atoms with Gasteiger partial charge in [0.1, 0.15) is 24.2 Å². The highest BCUT2D eigenvalue weighted by molar-refractivity contribution is 5.94. The largest absolute Gasteiger partial charge is 0.480 e. The zero-order chi connectivity index (χ0) is 28.0. The van der Waals surface area contributed by atoms with Crippen molar-refractivity contribution < 1.29 is 34.2 Å². The van der Waals surface area contributed by atoms with Crippen LogP contribution in [-0.4, -0.2) is 93.1 Å². The molecule has 0 aliphatic heterocycles. The molecule has 1 aromatic rings. The maximum atomic E-state index is 13.0. The van der Waals surface area contributed by atoms with Crippen molar-refractivity contribution in [2.24, 2.45) is 27.9 Å². The molecular weight excluding hydrogens is 492 g/mol. The van der Waals surface area contributed by atoms with Gasteiger partial charge >= 0.3 is 5.97 Å². The third-order valence-electron chi connectivity index (χ3n) is 5.02. The maximum Gasteiger partial charge on any atom is 0.326 e. The monoisotopic (exact) mass is 526 g/mol. The summed E-state index contributed by atoms with van der Waals surface area (Å²) in [5.41, 5.74) is 21.7. The first kappa shape index (κ1) is 30.8. The molecule has 4 amide bonds. The van der Waals surface area contributed by atoms with Crippen LogP contribution in [-0.2, 0) is 30.4 Å². The highest BCUT2D eigenvalue weighted by Crippen LogP contribution is 2.06. The highest BCUT2D eigenvalue weighted by atomic mass is 16.4. The van der Waals surface area contributed by atoms with Gasteiger partial charge in [-0.2, -0.15) is 0 Å². The Bertz CT molecular complexity index is 949. The number of rotatable bonds is 17. The molecule has 4 atom stereocenters. The van der Waals surface area contributed by atoms with Crippen LogP contribution in [0.1, 0.15) is 31.4 Å². The summed E-state index contributed by atoms with van der Waals surface area (Å²) < 4.78 is 0. The number of primary amides is 1. The highest BCUT2D eigenvalue weighted by Gasteiger charge is 2.30. The Morgan fingerprint density at radius 1 is 0.973 bits per heavy atom. The smallest absolute Gasteiger partial charge is 0.326 e. The number of hydrogen-bond acceptors (Lipinski definition) is 9. The molecule has 0 aliphatic rings. The van der Waals surface area contributed by atoms with Crippen LogP contribution in [0.4, 0.5) is 0 Å². The zero-order valence-corrected chi connectivity index (χ0v) is 20.1. The second-order valence-corrected chi connectivity index (χ2v) is 8.05. The van der Waals surface area contributed by atoms with Crippen molar-refractivity contribution in [3.8, 4) is 0 Å². The normalized spacial score (nSPS) is 13.9. The molecule has 17 nitrogen and oxygen atoms in total. The summed E-state index contributed by atoms with van der Waals surface area (Å²) >= 11 is 0. The molecule has 1 aromatic heterocycles. The van der Waals surface area contributed by atoms with E-state index in [0.717, 1.165) is 0 Å². The molecule has 37 heavy (non-hydrogen) atoms. The molecule has 14 N–H and O–H groups in total. The lowest BCUT2D eigenvalue weighted by Gasteiger charge is -2.25. The molecule has 0 saturated carbocycles. The molecule has 0 aromatic carbocycles. The van der Waals surface area contributed by atoms with Crippen molar-refractivity contribution in [3.63, 3.8) is 0 Å². The number of aliphatic hydroxyl groups excluding tert-OH is 1. The number of aliphatic hydroxyl groups is 1. The number of imidazole rings is 1. The standard InChI is InChI=1S/C20H34N10O7/c21-11(8-31)16(33)28-13(3-4-15(22)32)18(35)29-12(2-1-5-26-20(23)24)17(34)30-14(19(36)37)6-10-7-25-9-27-10/h7,9,11-14,31H,1-6,8,21H2,(H2,22,32)(H,25,27)(H,28,33)(H,29,35)(H,30,34)(H,36,37)(H4,23,24,26). The van der Waals surface area contributed by atoms with Crippen molar-refractivity contribution >= 4 is 35.6 Å². The Labute approximate surface area is 211 Å². The van der Waals surface area contributed by atoms with Crippen molar-refractivity contribution in [2.75, 3.05) is 13.2 Å². The van der Waals surface area contributed by atoms with E-state index in [0.29, 0.717) is 5.69 Å². The van der Waals surface area contributed by atoms with Gasteiger partial charge in [-0.25, -0.2) is 9.78 Å². The minimum Gasteiger partial charge on any atom is -0.480 e. The Morgan fingerprint density at radius 2 is 1.57 bits per heavy atom. The topological polar surface area (TPSA) is 307 Å². The number of carbonyl (C=O) groups is 5. The van der Waals surface area contributed by atoms with Gasteiger partial charge in [0.2, 0.25) is 23.6 Å². The van der Waals surface area contributed by atoms with E-state index in [1.165, 1.54) is 12.5 Å². The van der Waals surface area contributed by atoms with Crippen LogP contribution in [0.3, 0.4) is 0 Å². The van der Waals surface area contributed by atoms with Gasteiger partial charge in [0.25, 0.3) is 0 Å². The number of nitrogens with one attached hydrogen (secondary N) is 4. The summed E-state index contributed by atoms with van der Waals surface area (Å²) in [6, 6.07) is -5.27. The summed E-state index contributed by atoms with van der Waals surface area (Å²) in [4.78, 5) is 71.4. The summed E-state index contributed by atoms with van der Waals surface area (Å²) in [6.45, 7) is -0.579. The van der Waals surface area contributed by atoms with Crippen LogP contribution < -0.4 is 38.9 Å². The van der Waals surface area contributed by atoms with E-state index in [9.17, 15) is 29.1 Å². The van der Waals surface area contributed by atoms with Crippen LogP contribution in [0.25, 0.3) is 0 Å². The number of aromatic amines is 1. The first-order chi connectivity index (χ1) is 17.4. The summed E-state index contributed by atoms with van der Waals surface area (Å²) in [5, 5.41) is 25.7. The fourth-order valence-electron chi connectivity index (χ4n) is 3.05. The quantitative estimate of drug-likeness (QED) is 0.0521. The Morgan fingerprint density at radius 3 is 2.08 bits per heavy atom. The number of amides is 4. The van der Waals surface area contributed by atoms with E-state index in [-0.39, 0.29) is 44.6 Å². The second-order valence-electron chi connectivity index (χ2n) is 8.05. The lowest BCUT2D eigenvalue weighted by Crippen LogP contribution is -2.57. The van der Waals surface area contributed by atoms with Gasteiger partial charge in [-0.05, 0) is 19.3 Å². The first-order valence-corrected chi connectivity index (χ1v) is 11.3. The first-order valence-electron chi connectivity index (χ1n) is 11.3. The molecule has 0 aliphatic carbocycles. The van der Waals surface area contributed by atoms with Crippen LogP contribution >= 0.6 is 0 Å². The molecule has 0 radical (unpaired) electrons. The van der Waals surface area contributed by atoms with Crippen LogP contribution in [0.15, 0.2) is 17.5 Å². The van der Waals surface area contributed by atoms with Gasteiger partial charge in [0, 0.05) is 31.3 Å². The molecular formula is C20H34N10O7. The van der Waals surface area contributed by atoms with Gasteiger partial charge < -0.3 is 54.1 Å². The number of aromatic nitrogens is 2. The molecule has 17 heteroatoms. The number of H-pyrrole nitrogens is 1. The zero-order valence-electron chi connectivity index (χ0n) is 20.1. The Hall–Kier alpha value is -4.25. The molecule has 0 spiro atoms. The van der Waals surface area contributed by atoms with Crippen LogP contribution in [0.5, 0.6) is 0 Å². The SMILES string of the molecule is NC(=O)CCC(NC(=O)C(N)CO)C(=O)NC(CCCN=C(N)N)C(=O)NC(Cc1cnc[nH]1)C(=O)O. The number of guanidine groups is 1. The minimum atomic E-state index is -1.35.